The smallest absolute Gasteiger partial charge is 0.314 e. The third-order valence-corrected chi connectivity index (χ3v) is 4.24. The molecule has 1 aliphatic heterocycles. The predicted molar refractivity (Wildman–Crippen MR) is 84.4 cm³/mol. The Morgan fingerprint density at radius 2 is 1.96 bits per heavy atom. The van der Waals surface area contributed by atoms with Crippen molar-refractivity contribution in [3.63, 3.8) is 0 Å². The van der Waals surface area contributed by atoms with E-state index in [-0.39, 0.29) is 0 Å². The van der Waals surface area contributed by atoms with E-state index in [4.69, 9.17) is 0 Å². The predicted octanol–water partition coefficient (Wildman–Crippen LogP) is 0.824. The molecule has 1 aromatic carbocycles. The number of aryl methyl sites for hydroxylation is 1. The zero-order valence-corrected chi connectivity index (χ0v) is 13.2. The summed E-state index contributed by atoms with van der Waals surface area (Å²) in [5, 5.41) is 4.29. The Hall–Kier alpha value is -2.47. The highest BCUT2D eigenvalue weighted by Crippen LogP contribution is 2.26. The first-order valence-corrected chi connectivity index (χ1v) is 7.78. The first-order chi connectivity index (χ1) is 11.0. The van der Waals surface area contributed by atoms with Gasteiger partial charge in [0.15, 0.2) is 5.92 Å². The summed E-state index contributed by atoms with van der Waals surface area (Å²) in [7, 11) is 0. The maximum atomic E-state index is 12.9. The first-order valence-electron chi connectivity index (χ1n) is 7.78. The van der Waals surface area contributed by atoms with Gasteiger partial charge in [-0.05, 0) is 31.6 Å². The molecule has 1 aromatic rings. The molecule has 0 bridgehead atoms. The van der Waals surface area contributed by atoms with Crippen LogP contribution in [0.4, 0.5) is 10.5 Å². The van der Waals surface area contributed by atoms with Crippen LogP contribution in [-0.4, -0.2) is 23.9 Å². The molecule has 0 unspecified atom stereocenters. The van der Waals surface area contributed by atoms with Crippen LogP contribution >= 0.6 is 0 Å². The summed E-state index contributed by atoms with van der Waals surface area (Å²) in [5.74, 6) is -1.99. The molecule has 0 aromatic heterocycles. The van der Waals surface area contributed by atoms with Gasteiger partial charge in [-0.25, -0.2) is 9.69 Å². The number of imide groups is 2. The Labute approximate surface area is 134 Å². The molecule has 6 heteroatoms. The molecule has 0 radical (unpaired) electrons. The molecule has 3 N–H and O–H groups in total. The fraction of sp³-hybridized carbons (Fsp3) is 0.353. The van der Waals surface area contributed by atoms with Crippen molar-refractivity contribution < 1.29 is 19.7 Å². The van der Waals surface area contributed by atoms with Crippen molar-refractivity contribution in [2.75, 3.05) is 4.90 Å². The molecular weight excluding hydrogens is 294 g/mol. The fourth-order valence-electron chi connectivity index (χ4n) is 2.81. The maximum Gasteiger partial charge on any atom is 0.335 e. The van der Waals surface area contributed by atoms with E-state index in [0.29, 0.717) is 17.4 Å². The summed E-state index contributed by atoms with van der Waals surface area (Å²) in [6.07, 6.45) is 3.95. The van der Waals surface area contributed by atoms with Crippen molar-refractivity contribution in [1.29, 1.82) is 0 Å². The standard InChI is InChI=1S/C17H19N3O3/c1-3-12(18-11-8-9-11)14-15(21)19-17(23)20(16(14)22)13-7-5-4-6-10(13)2/h3-7,11,14,18H,8-9H2,1-2H3,(H,19,21,23)/p+1/b12-3+/t14-/m0/s1. The summed E-state index contributed by atoms with van der Waals surface area (Å²) in [4.78, 5) is 38.4. The van der Waals surface area contributed by atoms with E-state index >= 15 is 0 Å². The SMILES string of the molecule is C/C=C(/[NH2+]C1CC1)[C@H]1C(=O)NC(=O)N(c2ccccc2C)C1=O. The molecule has 3 rings (SSSR count). The van der Waals surface area contributed by atoms with Gasteiger partial charge in [0.2, 0.25) is 0 Å². The number of nitrogens with one attached hydrogen (secondary N) is 1. The van der Waals surface area contributed by atoms with Gasteiger partial charge in [0, 0.05) is 12.8 Å². The third-order valence-electron chi connectivity index (χ3n) is 4.24. The molecule has 4 amide bonds. The van der Waals surface area contributed by atoms with Crippen molar-refractivity contribution in [2.45, 2.75) is 32.7 Å². The van der Waals surface area contributed by atoms with E-state index in [2.05, 4.69) is 5.32 Å². The molecule has 1 aliphatic carbocycles. The van der Waals surface area contributed by atoms with Gasteiger partial charge in [0.05, 0.1) is 11.7 Å². The van der Waals surface area contributed by atoms with Crippen LogP contribution in [0.25, 0.3) is 0 Å². The summed E-state index contributed by atoms with van der Waals surface area (Å²) >= 11 is 0. The zero-order valence-electron chi connectivity index (χ0n) is 13.2. The van der Waals surface area contributed by atoms with E-state index in [1.54, 1.807) is 18.2 Å². The number of carbonyl (C=O) groups is 3. The molecular formula is C17H20N3O3+. The van der Waals surface area contributed by atoms with Crippen LogP contribution in [0.1, 0.15) is 25.3 Å². The van der Waals surface area contributed by atoms with Crippen molar-refractivity contribution in [2.24, 2.45) is 5.92 Å². The Morgan fingerprint density at radius 1 is 1.26 bits per heavy atom. The van der Waals surface area contributed by atoms with Crippen molar-refractivity contribution in [3.05, 3.63) is 41.6 Å². The lowest BCUT2D eigenvalue weighted by Crippen LogP contribution is -2.86. The van der Waals surface area contributed by atoms with Crippen LogP contribution in [-0.2, 0) is 9.59 Å². The Bertz CT molecular complexity index is 707. The average Bonchev–Trinajstić information content (AvgIpc) is 3.31. The van der Waals surface area contributed by atoms with Crippen LogP contribution in [0.2, 0.25) is 0 Å². The number of hydrogen-bond donors (Lipinski definition) is 2. The Balaban J connectivity index is 1.95. The summed E-state index contributed by atoms with van der Waals surface area (Å²) in [6.45, 7) is 3.64. The second-order valence-electron chi connectivity index (χ2n) is 5.98. The first kappa shape index (κ1) is 15.4. The number of anilines is 1. The van der Waals surface area contributed by atoms with Crippen LogP contribution in [0.3, 0.4) is 0 Å². The fourth-order valence-corrected chi connectivity index (χ4v) is 2.81. The Kier molecular flexibility index (Phi) is 4.00. The van der Waals surface area contributed by atoms with Gasteiger partial charge in [0.25, 0.3) is 11.8 Å². The number of nitrogens with zero attached hydrogens (tertiary/aromatic N) is 1. The largest absolute Gasteiger partial charge is 0.335 e. The van der Waals surface area contributed by atoms with E-state index < -0.39 is 23.8 Å². The van der Waals surface area contributed by atoms with Gasteiger partial charge in [-0.2, -0.15) is 0 Å². The molecule has 2 fully saturated rings. The van der Waals surface area contributed by atoms with Gasteiger partial charge in [-0.1, -0.05) is 18.2 Å². The lowest BCUT2D eigenvalue weighted by molar-refractivity contribution is -0.624. The number of rotatable bonds is 4. The number of hydrogen-bond acceptors (Lipinski definition) is 3. The monoisotopic (exact) mass is 314 g/mol. The van der Waals surface area contributed by atoms with E-state index in [0.717, 1.165) is 23.3 Å². The normalized spacial score (nSPS) is 22.3. The molecule has 1 saturated carbocycles. The minimum absolute atomic E-state index is 0.436. The molecule has 2 aliphatic rings. The van der Waals surface area contributed by atoms with Gasteiger partial charge >= 0.3 is 6.03 Å². The molecule has 1 heterocycles. The lowest BCUT2D eigenvalue weighted by atomic mass is 9.99. The number of allylic oxidation sites excluding steroid dienone is 1. The highest BCUT2D eigenvalue weighted by atomic mass is 16.2. The summed E-state index contributed by atoms with van der Waals surface area (Å²) < 4.78 is 0. The quantitative estimate of drug-likeness (QED) is 0.807. The van der Waals surface area contributed by atoms with Gasteiger partial charge in [0.1, 0.15) is 5.70 Å². The second-order valence-corrected chi connectivity index (χ2v) is 5.98. The number of benzene rings is 1. The Morgan fingerprint density at radius 3 is 2.57 bits per heavy atom. The molecule has 1 saturated heterocycles. The minimum Gasteiger partial charge on any atom is -0.314 e. The number of carbonyl (C=O) groups excluding carboxylic acids is 3. The highest BCUT2D eigenvalue weighted by molar-refractivity contribution is 6.28. The molecule has 0 spiro atoms. The zero-order chi connectivity index (χ0) is 16.6. The summed E-state index contributed by atoms with van der Waals surface area (Å²) in [6, 6.07) is 6.89. The third kappa shape index (κ3) is 2.90. The molecule has 120 valence electrons. The topological polar surface area (TPSA) is 83.1 Å². The highest BCUT2D eigenvalue weighted by Gasteiger charge is 2.46. The number of para-hydroxylation sites is 1. The maximum absolute atomic E-state index is 12.9. The average molecular weight is 314 g/mol. The van der Waals surface area contributed by atoms with E-state index in [9.17, 15) is 14.4 Å². The van der Waals surface area contributed by atoms with Gasteiger partial charge in [-0.15, -0.1) is 0 Å². The van der Waals surface area contributed by atoms with Crippen molar-refractivity contribution >= 4 is 23.5 Å². The number of barbiturate groups is 1. The number of amides is 4. The van der Waals surface area contributed by atoms with Crippen molar-refractivity contribution in [3.8, 4) is 0 Å². The van der Waals surface area contributed by atoms with Gasteiger partial charge < -0.3 is 5.32 Å². The molecule has 1 atom stereocenters. The molecule has 6 nitrogen and oxygen atoms in total. The lowest BCUT2D eigenvalue weighted by Gasteiger charge is -2.30. The van der Waals surface area contributed by atoms with Crippen LogP contribution in [0, 0.1) is 12.8 Å². The molecule has 23 heavy (non-hydrogen) atoms. The van der Waals surface area contributed by atoms with Crippen LogP contribution in [0.15, 0.2) is 36.0 Å². The second kappa shape index (κ2) is 5.96. The van der Waals surface area contributed by atoms with E-state index in [1.807, 2.05) is 31.3 Å². The minimum atomic E-state index is -0.960. The van der Waals surface area contributed by atoms with E-state index in [1.165, 1.54) is 0 Å². The number of urea groups is 1. The summed E-state index contributed by atoms with van der Waals surface area (Å²) in [5.41, 5.74) is 1.99. The van der Waals surface area contributed by atoms with Crippen LogP contribution in [0.5, 0.6) is 0 Å². The van der Waals surface area contributed by atoms with Gasteiger partial charge in [-0.3, -0.25) is 14.9 Å². The number of quaternary nitrogens is 1. The van der Waals surface area contributed by atoms with Crippen molar-refractivity contribution in [1.82, 2.24) is 5.32 Å². The number of nitrogens with two attached hydrogens (primary N) is 1. The van der Waals surface area contributed by atoms with Crippen LogP contribution < -0.4 is 15.5 Å².